The lowest BCUT2D eigenvalue weighted by Gasteiger charge is -1.99. The second-order valence-corrected chi connectivity index (χ2v) is 3.10. The minimum absolute atomic E-state index is 0.540. The van der Waals surface area contributed by atoms with Gasteiger partial charge in [0.2, 0.25) is 0 Å². The van der Waals surface area contributed by atoms with Crippen LogP contribution in [0.4, 0.5) is 0 Å². The lowest BCUT2D eigenvalue weighted by molar-refractivity contribution is -0.136. The summed E-state index contributed by atoms with van der Waals surface area (Å²) in [7, 11) is 0. The number of halogens is 1. The van der Waals surface area contributed by atoms with Crippen molar-refractivity contribution in [2.75, 3.05) is 12.0 Å². The summed E-state index contributed by atoms with van der Waals surface area (Å²) >= 11 is 6.98. The number of rotatable bonds is 4. The largest absolute Gasteiger partial charge is 0.480 e. The van der Waals surface area contributed by atoms with Gasteiger partial charge in [-0.2, -0.15) is 11.8 Å². The third kappa shape index (κ3) is 4.60. The molecule has 4 heteroatoms. The van der Waals surface area contributed by atoms with Gasteiger partial charge in [-0.25, -0.2) is 0 Å². The molecule has 0 aliphatic carbocycles. The molecule has 1 atom stereocenters. The van der Waals surface area contributed by atoms with Crippen molar-refractivity contribution in [3.05, 3.63) is 0 Å². The number of hydrogen-bond donors (Lipinski definition) is 1. The number of aliphatic carboxylic acids is 1. The maximum absolute atomic E-state index is 10.1. The van der Waals surface area contributed by atoms with Crippen LogP contribution in [0.15, 0.2) is 0 Å². The van der Waals surface area contributed by atoms with Crippen LogP contribution in [0.3, 0.4) is 0 Å². The molecule has 0 aromatic rings. The van der Waals surface area contributed by atoms with E-state index >= 15 is 0 Å². The van der Waals surface area contributed by atoms with Gasteiger partial charge in [-0.05, 0) is 18.4 Å². The fourth-order valence-electron chi connectivity index (χ4n) is 0.345. The Morgan fingerprint density at radius 2 is 2.44 bits per heavy atom. The summed E-state index contributed by atoms with van der Waals surface area (Å²) in [5, 5.41) is 7.56. The van der Waals surface area contributed by atoms with Crippen molar-refractivity contribution in [2.24, 2.45) is 0 Å². The Labute approximate surface area is 63.6 Å². The molecule has 0 spiro atoms. The Balaban J connectivity index is 3.27. The van der Waals surface area contributed by atoms with E-state index in [1.54, 1.807) is 11.8 Å². The molecule has 0 aromatic carbocycles. The van der Waals surface area contributed by atoms with Crippen LogP contribution in [-0.4, -0.2) is 28.5 Å². The minimum Gasteiger partial charge on any atom is -0.480 e. The zero-order valence-corrected chi connectivity index (χ0v) is 6.71. The fraction of sp³-hybridized carbons (Fsp3) is 0.800. The molecule has 9 heavy (non-hydrogen) atoms. The van der Waals surface area contributed by atoms with Crippen molar-refractivity contribution in [1.82, 2.24) is 0 Å². The molecule has 0 saturated carbocycles. The van der Waals surface area contributed by atoms with Gasteiger partial charge in [0, 0.05) is 0 Å². The van der Waals surface area contributed by atoms with E-state index in [1.165, 1.54) is 0 Å². The second kappa shape index (κ2) is 4.94. The third-order valence-electron chi connectivity index (χ3n) is 0.843. The summed E-state index contributed by atoms with van der Waals surface area (Å²) in [4.78, 5) is 10.1. The molecule has 0 saturated heterocycles. The molecule has 0 aliphatic rings. The standard InChI is InChI=1S/C5H9ClO2S/c1-9-3-2-4(6)5(7)8/h4H,2-3H2,1H3,(H,7,8). The Hall–Kier alpha value is 0.110. The van der Waals surface area contributed by atoms with Gasteiger partial charge in [0.15, 0.2) is 0 Å². The van der Waals surface area contributed by atoms with Crippen molar-refractivity contribution in [1.29, 1.82) is 0 Å². The molecular weight excluding hydrogens is 160 g/mol. The van der Waals surface area contributed by atoms with Crippen LogP contribution in [0.5, 0.6) is 0 Å². The average Bonchev–Trinajstić information content (AvgIpc) is 1.82. The maximum Gasteiger partial charge on any atom is 0.321 e. The summed E-state index contributed by atoms with van der Waals surface area (Å²) in [5.41, 5.74) is 0. The van der Waals surface area contributed by atoms with Crippen molar-refractivity contribution >= 4 is 29.3 Å². The van der Waals surface area contributed by atoms with Gasteiger partial charge in [0.1, 0.15) is 5.38 Å². The Morgan fingerprint density at radius 1 is 1.89 bits per heavy atom. The molecule has 0 aromatic heterocycles. The summed E-state index contributed by atoms with van der Waals surface area (Å²) in [6.07, 6.45) is 2.46. The highest BCUT2D eigenvalue weighted by Crippen LogP contribution is 2.06. The van der Waals surface area contributed by atoms with Crippen LogP contribution in [0.1, 0.15) is 6.42 Å². The number of carbonyl (C=O) groups is 1. The van der Waals surface area contributed by atoms with Crippen molar-refractivity contribution in [3.63, 3.8) is 0 Å². The molecule has 0 amide bonds. The predicted octanol–water partition coefficient (Wildman–Crippen LogP) is 1.43. The van der Waals surface area contributed by atoms with E-state index in [0.717, 1.165) is 5.75 Å². The Kier molecular flexibility index (Phi) is 5.00. The molecule has 0 fully saturated rings. The topological polar surface area (TPSA) is 37.3 Å². The smallest absolute Gasteiger partial charge is 0.321 e. The zero-order valence-electron chi connectivity index (χ0n) is 5.13. The summed E-state index contributed by atoms with van der Waals surface area (Å²) < 4.78 is 0. The van der Waals surface area contributed by atoms with Gasteiger partial charge < -0.3 is 5.11 Å². The first-order valence-electron chi connectivity index (χ1n) is 2.54. The van der Waals surface area contributed by atoms with Gasteiger partial charge in [-0.15, -0.1) is 11.6 Å². The van der Waals surface area contributed by atoms with E-state index < -0.39 is 11.3 Å². The van der Waals surface area contributed by atoms with Gasteiger partial charge in [-0.1, -0.05) is 0 Å². The van der Waals surface area contributed by atoms with Crippen LogP contribution in [-0.2, 0) is 4.79 Å². The highest BCUT2D eigenvalue weighted by atomic mass is 35.5. The maximum atomic E-state index is 10.1. The molecule has 0 aliphatic heterocycles. The molecule has 0 radical (unpaired) electrons. The van der Waals surface area contributed by atoms with E-state index in [4.69, 9.17) is 16.7 Å². The van der Waals surface area contributed by atoms with Crippen LogP contribution in [0.2, 0.25) is 0 Å². The molecule has 0 heterocycles. The first-order chi connectivity index (χ1) is 4.18. The molecule has 0 bridgehead atoms. The minimum atomic E-state index is -0.925. The molecule has 0 rings (SSSR count). The highest BCUT2D eigenvalue weighted by Gasteiger charge is 2.11. The van der Waals surface area contributed by atoms with Gasteiger partial charge in [0.25, 0.3) is 0 Å². The third-order valence-corrected chi connectivity index (χ3v) is 1.89. The molecule has 54 valence electrons. The Morgan fingerprint density at radius 3 is 2.78 bits per heavy atom. The summed E-state index contributed by atoms with van der Waals surface area (Å²) in [5.74, 6) is -0.119. The van der Waals surface area contributed by atoms with Crippen LogP contribution in [0, 0.1) is 0 Å². The summed E-state index contributed by atoms with van der Waals surface area (Å²) in [6, 6.07) is 0. The van der Waals surface area contributed by atoms with Crippen LogP contribution < -0.4 is 0 Å². The number of alkyl halides is 1. The first-order valence-corrected chi connectivity index (χ1v) is 4.37. The zero-order chi connectivity index (χ0) is 7.28. The van der Waals surface area contributed by atoms with Gasteiger partial charge in [0.05, 0.1) is 0 Å². The molecule has 1 unspecified atom stereocenters. The van der Waals surface area contributed by atoms with Crippen LogP contribution >= 0.6 is 23.4 Å². The summed E-state index contributed by atoms with van der Waals surface area (Å²) in [6.45, 7) is 0. The van der Waals surface area contributed by atoms with Gasteiger partial charge in [-0.3, -0.25) is 4.79 Å². The normalized spacial score (nSPS) is 13.1. The van der Waals surface area contributed by atoms with E-state index in [1.807, 2.05) is 6.26 Å². The highest BCUT2D eigenvalue weighted by molar-refractivity contribution is 7.98. The second-order valence-electron chi connectivity index (χ2n) is 1.59. The molecular formula is C5H9ClO2S. The van der Waals surface area contributed by atoms with Crippen molar-refractivity contribution in [2.45, 2.75) is 11.8 Å². The van der Waals surface area contributed by atoms with E-state index in [2.05, 4.69) is 0 Å². The number of thioether (sulfide) groups is 1. The fourth-order valence-corrected chi connectivity index (χ4v) is 1.05. The number of carboxylic acids is 1. The molecule has 2 nitrogen and oxygen atoms in total. The van der Waals surface area contributed by atoms with Gasteiger partial charge >= 0.3 is 5.97 Å². The predicted molar refractivity (Wildman–Crippen MR) is 40.3 cm³/mol. The first kappa shape index (κ1) is 9.11. The Bertz CT molecular complexity index is 97.0. The lowest BCUT2D eigenvalue weighted by Crippen LogP contribution is -2.13. The number of hydrogen-bond acceptors (Lipinski definition) is 2. The average molecular weight is 169 g/mol. The van der Waals surface area contributed by atoms with E-state index in [-0.39, 0.29) is 0 Å². The quantitative estimate of drug-likeness (QED) is 0.646. The monoisotopic (exact) mass is 168 g/mol. The number of carboxylic acid groups (broad SMARTS) is 1. The SMILES string of the molecule is CSCCC(Cl)C(=O)O. The van der Waals surface area contributed by atoms with E-state index in [9.17, 15) is 4.79 Å². The van der Waals surface area contributed by atoms with Crippen LogP contribution in [0.25, 0.3) is 0 Å². The van der Waals surface area contributed by atoms with Crippen molar-refractivity contribution in [3.8, 4) is 0 Å². The molecule has 1 N–H and O–H groups in total. The lowest BCUT2D eigenvalue weighted by atomic mass is 10.3. The van der Waals surface area contributed by atoms with Crippen molar-refractivity contribution < 1.29 is 9.90 Å². The van der Waals surface area contributed by atoms with E-state index in [0.29, 0.717) is 6.42 Å².